The number of hydrogen-bond acceptors (Lipinski definition) is 3. The van der Waals surface area contributed by atoms with Gasteiger partial charge in [0.1, 0.15) is 11.5 Å². The lowest BCUT2D eigenvalue weighted by molar-refractivity contribution is 0.103. The molecule has 108 valence electrons. The Labute approximate surface area is 124 Å². The fourth-order valence-electron chi connectivity index (χ4n) is 2.12. The van der Waals surface area contributed by atoms with Crippen molar-refractivity contribution >= 4 is 5.78 Å². The van der Waals surface area contributed by atoms with Gasteiger partial charge in [0.05, 0.1) is 12.7 Å². The van der Waals surface area contributed by atoms with Crippen molar-refractivity contribution in [2.45, 2.75) is 25.9 Å². The van der Waals surface area contributed by atoms with Gasteiger partial charge in [0.2, 0.25) is 0 Å². The smallest absolute Gasteiger partial charge is 0.193 e. The van der Waals surface area contributed by atoms with Gasteiger partial charge >= 0.3 is 0 Å². The van der Waals surface area contributed by atoms with E-state index in [0.29, 0.717) is 23.8 Å². The molecule has 2 aromatic carbocycles. The molecule has 3 heteroatoms. The number of carbonyl (C=O) groups is 1. The number of ketones is 1. The summed E-state index contributed by atoms with van der Waals surface area (Å²) in [5.74, 6) is 1.55. The van der Waals surface area contributed by atoms with E-state index in [1.807, 2.05) is 43.3 Å². The van der Waals surface area contributed by atoms with Crippen LogP contribution in [0.4, 0.5) is 0 Å². The van der Waals surface area contributed by atoms with Gasteiger partial charge in [-0.25, -0.2) is 0 Å². The van der Waals surface area contributed by atoms with Gasteiger partial charge in [0.15, 0.2) is 5.78 Å². The highest BCUT2D eigenvalue weighted by molar-refractivity contribution is 6.09. The number of carbonyl (C=O) groups excluding carboxylic acids is 1. The second-order valence-electron chi connectivity index (χ2n) is 5.13. The first-order valence-electron chi connectivity index (χ1n) is 7.30. The molecule has 0 saturated heterocycles. The average molecular weight is 282 g/mol. The number of benzene rings is 2. The van der Waals surface area contributed by atoms with Gasteiger partial charge in [0, 0.05) is 11.1 Å². The number of ether oxygens (including phenoxy) is 2. The molecule has 0 unspecified atom stereocenters. The molecular weight excluding hydrogens is 264 g/mol. The van der Waals surface area contributed by atoms with Crippen molar-refractivity contribution < 1.29 is 14.3 Å². The summed E-state index contributed by atoms with van der Waals surface area (Å²) >= 11 is 0. The minimum atomic E-state index is -0.00507. The third-order valence-corrected chi connectivity index (χ3v) is 3.35. The molecule has 0 heterocycles. The third-order valence-electron chi connectivity index (χ3n) is 3.35. The Balaban J connectivity index is 1.75. The average Bonchev–Trinajstić information content (AvgIpc) is 3.32. The predicted octanol–water partition coefficient (Wildman–Crippen LogP) is 3.86. The van der Waals surface area contributed by atoms with Gasteiger partial charge in [-0.15, -0.1) is 0 Å². The maximum Gasteiger partial charge on any atom is 0.193 e. The van der Waals surface area contributed by atoms with E-state index in [2.05, 4.69) is 0 Å². The number of hydrogen-bond donors (Lipinski definition) is 0. The van der Waals surface area contributed by atoms with Gasteiger partial charge in [-0.2, -0.15) is 0 Å². The van der Waals surface area contributed by atoms with E-state index in [1.165, 1.54) is 0 Å². The molecule has 1 fully saturated rings. The SMILES string of the molecule is CCOc1cccc(C(=O)c2ccc(OC3CC3)cc2)c1. The Morgan fingerprint density at radius 3 is 2.48 bits per heavy atom. The Morgan fingerprint density at radius 2 is 1.81 bits per heavy atom. The Morgan fingerprint density at radius 1 is 1.05 bits per heavy atom. The highest BCUT2D eigenvalue weighted by atomic mass is 16.5. The molecule has 0 N–H and O–H groups in total. The zero-order valence-corrected chi connectivity index (χ0v) is 12.0. The van der Waals surface area contributed by atoms with E-state index in [9.17, 15) is 4.79 Å². The molecule has 2 aromatic rings. The van der Waals surface area contributed by atoms with E-state index in [-0.39, 0.29) is 5.78 Å². The first-order chi connectivity index (χ1) is 10.3. The molecule has 0 aromatic heterocycles. The molecule has 0 radical (unpaired) electrons. The summed E-state index contributed by atoms with van der Waals surface area (Å²) in [6, 6.07) is 14.6. The summed E-state index contributed by atoms with van der Waals surface area (Å²) in [5.41, 5.74) is 1.30. The highest BCUT2D eigenvalue weighted by Gasteiger charge is 2.23. The predicted molar refractivity (Wildman–Crippen MR) is 81.1 cm³/mol. The molecule has 1 aliphatic rings. The molecule has 1 aliphatic carbocycles. The molecule has 0 aliphatic heterocycles. The van der Waals surface area contributed by atoms with Gasteiger partial charge in [0.25, 0.3) is 0 Å². The van der Waals surface area contributed by atoms with Crippen LogP contribution in [0.3, 0.4) is 0 Å². The van der Waals surface area contributed by atoms with Gasteiger partial charge in [-0.3, -0.25) is 4.79 Å². The van der Waals surface area contributed by atoms with Crippen LogP contribution in [-0.2, 0) is 0 Å². The van der Waals surface area contributed by atoms with E-state index in [4.69, 9.17) is 9.47 Å². The van der Waals surface area contributed by atoms with Crippen molar-refractivity contribution in [1.82, 2.24) is 0 Å². The second kappa shape index (κ2) is 6.00. The molecule has 0 atom stereocenters. The van der Waals surface area contributed by atoms with E-state index in [0.717, 1.165) is 24.3 Å². The zero-order chi connectivity index (χ0) is 14.7. The minimum Gasteiger partial charge on any atom is -0.494 e. The maximum atomic E-state index is 12.5. The molecule has 1 saturated carbocycles. The van der Waals surface area contributed by atoms with Crippen LogP contribution in [0.25, 0.3) is 0 Å². The fraction of sp³-hybridized carbons (Fsp3) is 0.278. The fourth-order valence-corrected chi connectivity index (χ4v) is 2.12. The van der Waals surface area contributed by atoms with E-state index in [1.54, 1.807) is 12.1 Å². The largest absolute Gasteiger partial charge is 0.494 e. The topological polar surface area (TPSA) is 35.5 Å². The van der Waals surface area contributed by atoms with Crippen molar-refractivity contribution in [3.05, 3.63) is 59.7 Å². The van der Waals surface area contributed by atoms with Crippen LogP contribution < -0.4 is 9.47 Å². The second-order valence-corrected chi connectivity index (χ2v) is 5.13. The summed E-state index contributed by atoms with van der Waals surface area (Å²) in [4.78, 5) is 12.5. The van der Waals surface area contributed by atoms with E-state index < -0.39 is 0 Å². The Kier molecular flexibility index (Phi) is 3.91. The summed E-state index contributed by atoms with van der Waals surface area (Å²) in [5, 5.41) is 0. The lowest BCUT2D eigenvalue weighted by Crippen LogP contribution is -2.02. The quantitative estimate of drug-likeness (QED) is 0.755. The van der Waals surface area contributed by atoms with Crippen molar-refractivity contribution in [2.24, 2.45) is 0 Å². The maximum absolute atomic E-state index is 12.5. The highest BCUT2D eigenvalue weighted by Crippen LogP contribution is 2.27. The van der Waals surface area contributed by atoms with Crippen LogP contribution in [0.2, 0.25) is 0 Å². The van der Waals surface area contributed by atoms with Crippen molar-refractivity contribution in [2.75, 3.05) is 6.61 Å². The molecule has 0 bridgehead atoms. The monoisotopic (exact) mass is 282 g/mol. The number of rotatable bonds is 6. The van der Waals surface area contributed by atoms with E-state index >= 15 is 0 Å². The molecular formula is C18H18O3. The van der Waals surface area contributed by atoms with Crippen molar-refractivity contribution in [3.8, 4) is 11.5 Å². The molecule has 0 amide bonds. The van der Waals surface area contributed by atoms with Crippen LogP contribution >= 0.6 is 0 Å². The zero-order valence-electron chi connectivity index (χ0n) is 12.0. The van der Waals surface area contributed by atoms with Crippen LogP contribution in [0.1, 0.15) is 35.7 Å². The van der Waals surface area contributed by atoms with Crippen LogP contribution in [0.15, 0.2) is 48.5 Å². The van der Waals surface area contributed by atoms with Crippen molar-refractivity contribution in [1.29, 1.82) is 0 Å². The van der Waals surface area contributed by atoms with Gasteiger partial charge in [-0.1, -0.05) is 12.1 Å². The Hall–Kier alpha value is -2.29. The van der Waals surface area contributed by atoms with Gasteiger partial charge in [-0.05, 0) is 56.2 Å². The summed E-state index contributed by atoms with van der Waals surface area (Å²) in [6.45, 7) is 2.51. The first-order valence-corrected chi connectivity index (χ1v) is 7.30. The lowest BCUT2D eigenvalue weighted by atomic mass is 10.0. The van der Waals surface area contributed by atoms with Crippen molar-refractivity contribution in [3.63, 3.8) is 0 Å². The summed E-state index contributed by atoms with van der Waals surface area (Å²) in [7, 11) is 0. The molecule has 21 heavy (non-hydrogen) atoms. The molecule has 3 rings (SSSR count). The normalized spacial score (nSPS) is 13.8. The molecule has 3 nitrogen and oxygen atoms in total. The minimum absolute atomic E-state index is 0.00507. The summed E-state index contributed by atoms with van der Waals surface area (Å²) < 4.78 is 11.1. The van der Waals surface area contributed by atoms with Crippen LogP contribution in [0.5, 0.6) is 11.5 Å². The standard InChI is InChI=1S/C18H18O3/c1-2-20-17-5-3-4-14(12-17)18(19)13-6-8-15(9-7-13)21-16-10-11-16/h3-9,12,16H,2,10-11H2,1H3. The van der Waals surface area contributed by atoms with Crippen LogP contribution in [0, 0.1) is 0 Å². The molecule has 0 spiro atoms. The third kappa shape index (κ3) is 3.43. The lowest BCUT2D eigenvalue weighted by Gasteiger charge is -2.07. The van der Waals surface area contributed by atoms with Gasteiger partial charge < -0.3 is 9.47 Å². The van der Waals surface area contributed by atoms with Crippen LogP contribution in [-0.4, -0.2) is 18.5 Å². The summed E-state index contributed by atoms with van der Waals surface area (Å²) in [6.07, 6.45) is 2.63. The Bertz CT molecular complexity index is 627. The first kappa shape index (κ1) is 13.7.